The smallest absolute Gasteiger partial charge is 0.223 e. The van der Waals surface area contributed by atoms with Gasteiger partial charge >= 0.3 is 0 Å². The maximum atomic E-state index is 12.8. The van der Waals surface area contributed by atoms with E-state index in [9.17, 15) is 13.2 Å². The minimum atomic E-state index is -3.51. The summed E-state index contributed by atoms with van der Waals surface area (Å²) in [5.74, 6) is 1.09. The molecule has 1 amide bonds. The maximum absolute atomic E-state index is 12.8. The fourth-order valence-corrected chi connectivity index (χ4v) is 4.71. The Hall–Kier alpha value is -3.07. The third-order valence-electron chi connectivity index (χ3n) is 5.45. The van der Waals surface area contributed by atoms with E-state index < -0.39 is 9.84 Å². The molecule has 0 bridgehead atoms. The van der Waals surface area contributed by atoms with Crippen LogP contribution in [0.4, 0.5) is 0 Å². The third-order valence-corrected chi connectivity index (χ3v) is 6.56. The second kappa shape index (κ2) is 8.97. The number of aromatic nitrogens is 3. The zero-order chi connectivity index (χ0) is 21.8. The number of pyridine rings is 1. The lowest BCUT2D eigenvalue weighted by Crippen LogP contribution is -2.39. The van der Waals surface area contributed by atoms with Gasteiger partial charge in [0.25, 0.3) is 0 Å². The van der Waals surface area contributed by atoms with Crippen LogP contribution in [0.15, 0.2) is 58.4 Å². The van der Waals surface area contributed by atoms with E-state index in [1.807, 2.05) is 6.07 Å². The van der Waals surface area contributed by atoms with Crippen molar-refractivity contribution >= 4 is 15.7 Å². The van der Waals surface area contributed by atoms with Crippen LogP contribution in [-0.2, 0) is 21.1 Å². The molecule has 0 N–H and O–H groups in total. The number of furan rings is 1. The van der Waals surface area contributed by atoms with Gasteiger partial charge < -0.3 is 9.32 Å². The van der Waals surface area contributed by atoms with Crippen molar-refractivity contribution in [2.75, 3.05) is 19.3 Å². The van der Waals surface area contributed by atoms with Gasteiger partial charge in [-0.05, 0) is 37.1 Å². The van der Waals surface area contributed by atoms with Gasteiger partial charge in [0.2, 0.25) is 5.91 Å². The fraction of sp³-hybridized carbons (Fsp3) is 0.364. The van der Waals surface area contributed by atoms with Gasteiger partial charge in [-0.25, -0.2) is 18.4 Å². The standard InChI is InChI=1S/C22H24N4O4S/c1-31(28,29)19-14-24-22(16-8-10-23-11-9-16)25-21(19)17-4-2-12-26(15-17)20(27)7-6-18-5-3-13-30-18/h3,5,8-11,13-14,17H,2,4,6-7,12,15H2,1H3/t17-/m0/s1. The molecule has 0 aliphatic carbocycles. The second-order valence-corrected chi connectivity index (χ2v) is 9.69. The normalized spacial score (nSPS) is 16.9. The minimum absolute atomic E-state index is 0.0328. The molecule has 8 nitrogen and oxygen atoms in total. The van der Waals surface area contributed by atoms with Crippen molar-refractivity contribution in [1.82, 2.24) is 19.9 Å². The molecule has 1 aliphatic rings. The summed E-state index contributed by atoms with van der Waals surface area (Å²) in [6.07, 6.45) is 9.87. The Morgan fingerprint density at radius 1 is 1.26 bits per heavy atom. The van der Waals surface area contributed by atoms with Crippen molar-refractivity contribution in [1.29, 1.82) is 0 Å². The highest BCUT2D eigenvalue weighted by Gasteiger charge is 2.30. The van der Waals surface area contributed by atoms with Crippen LogP contribution < -0.4 is 0 Å². The van der Waals surface area contributed by atoms with Crippen molar-refractivity contribution in [3.8, 4) is 11.4 Å². The monoisotopic (exact) mass is 440 g/mol. The van der Waals surface area contributed by atoms with E-state index in [0.717, 1.165) is 30.4 Å². The molecule has 4 rings (SSSR count). The predicted octanol–water partition coefficient (Wildman–Crippen LogP) is 2.87. The van der Waals surface area contributed by atoms with Gasteiger partial charge in [0.1, 0.15) is 10.7 Å². The molecule has 4 heterocycles. The largest absolute Gasteiger partial charge is 0.469 e. The summed E-state index contributed by atoms with van der Waals surface area (Å²) in [5, 5.41) is 0. The molecule has 3 aromatic rings. The van der Waals surface area contributed by atoms with Crippen LogP contribution in [0.2, 0.25) is 0 Å². The van der Waals surface area contributed by atoms with Gasteiger partial charge in [0.05, 0.1) is 12.0 Å². The summed E-state index contributed by atoms with van der Waals surface area (Å²) in [5.41, 5.74) is 1.24. The second-order valence-electron chi connectivity index (χ2n) is 7.71. The van der Waals surface area contributed by atoms with Crippen LogP contribution in [-0.4, -0.2) is 53.5 Å². The van der Waals surface area contributed by atoms with Crippen molar-refractivity contribution in [2.45, 2.75) is 36.5 Å². The zero-order valence-corrected chi connectivity index (χ0v) is 18.1. The molecule has 9 heteroatoms. The van der Waals surface area contributed by atoms with Gasteiger partial charge in [-0.3, -0.25) is 9.78 Å². The predicted molar refractivity (Wildman–Crippen MR) is 114 cm³/mol. The van der Waals surface area contributed by atoms with E-state index in [1.54, 1.807) is 41.8 Å². The first-order chi connectivity index (χ1) is 14.9. The molecule has 0 saturated carbocycles. The van der Waals surface area contributed by atoms with E-state index in [0.29, 0.717) is 37.4 Å². The van der Waals surface area contributed by atoms with Gasteiger partial charge in [0.15, 0.2) is 15.7 Å². The summed E-state index contributed by atoms with van der Waals surface area (Å²) < 4.78 is 30.1. The van der Waals surface area contributed by atoms with E-state index in [2.05, 4.69) is 15.0 Å². The van der Waals surface area contributed by atoms with Gasteiger partial charge in [0, 0.05) is 62.3 Å². The van der Waals surface area contributed by atoms with Gasteiger partial charge in [-0.15, -0.1) is 0 Å². The Morgan fingerprint density at radius 2 is 2.06 bits per heavy atom. The highest BCUT2D eigenvalue weighted by Crippen LogP contribution is 2.31. The fourth-order valence-electron chi connectivity index (χ4n) is 3.87. The topological polar surface area (TPSA) is 106 Å². The number of aryl methyl sites for hydroxylation is 1. The number of hydrogen-bond acceptors (Lipinski definition) is 7. The molecule has 162 valence electrons. The summed E-state index contributed by atoms with van der Waals surface area (Å²) >= 11 is 0. The Kier molecular flexibility index (Phi) is 6.13. The highest BCUT2D eigenvalue weighted by atomic mass is 32.2. The zero-order valence-electron chi connectivity index (χ0n) is 17.3. The SMILES string of the molecule is CS(=O)(=O)c1cnc(-c2ccncc2)nc1[C@H]1CCCN(C(=O)CCc2ccco2)C1. The number of piperidine rings is 1. The lowest BCUT2D eigenvalue weighted by Gasteiger charge is -2.33. The number of sulfone groups is 1. The number of rotatable bonds is 6. The number of likely N-dealkylation sites (tertiary alicyclic amines) is 1. The molecular weight excluding hydrogens is 416 g/mol. The van der Waals surface area contributed by atoms with Gasteiger partial charge in [-0.1, -0.05) is 0 Å². The minimum Gasteiger partial charge on any atom is -0.469 e. The van der Waals surface area contributed by atoms with Crippen LogP contribution in [0, 0.1) is 0 Å². The van der Waals surface area contributed by atoms with E-state index in [4.69, 9.17) is 4.42 Å². The number of nitrogens with zero attached hydrogens (tertiary/aromatic N) is 4. The van der Waals surface area contributed by atoms with Crippen LogP contribution >= 0.6 is 0 Å². The molecular formula is C22H24N4O4S. The Balaban J connectivity index is 1.58. The Bertz CT molecular complexity index is 1150. The van der Waals surface area contributed by atoms with E-state index >= 15 is 0 Å². The number of amides is 1. The van der Waals surface area contributed by atoms with Crippen LogP contribution in [0.5, 0.6) is 0 Å². The third kappa shape index (κ3) is 4.99. The van der Waals surface area contributed by atoms with Crippen molar-refractivity contribution in [2.24, 2.45) is 0 Å². The van der Waals surface area contributed by atoms with Crippen LogP contribution in [0.1, 0.15) is 36.6 Å². The molecule has 1 fully saturated rings. The first kappa shape index (κ1) is 21.2. The quantitative estimate of drug-likeness (QED) is 0.580. The van der Waals surface area contributed by atoms with Crippen molar-refractivity contribution in [3.05, 3.63) is 60.6 Å². The first-order valence-electron chi connectivity index (χ1n) is 10.2. The number of carbonyl (C=O) groups is 1. The van der Waals surface area contributed by atoms with Crippen LogP contribution in [0.25, 0.3) is 11.4 Å². The molecule has 1 saturated heterocycles. The summed E-state index contributed by atoms with van der Waals surface area (Å²) in [6.45, 7) is 1.09. The Morgan fingerprint density at radius 3 is 2.77 bits per heavy atom. The van der Waals surface area contributed by atoms with Crippen molar-refractivity contribution < 1.29 is 17.6 Å². The molecule has 1 aliphatic heterocycles. The van der Waals surface area contributed by atoms with E-state index in [1.165, 1.54) is 6.20 Å². The van der Waals surface area contributed by atoms with Gasteiger partial charge in [-0.2, -0.15) is 0 Å². The molecule has 1 atom stereocenters. The number of carbonyl (C=O) groups excluding carboxylic acids is 1. The summed E-state index contributed by atoms with van der Waals surface area (Å²) in [4.78, 5) is 27.6. The molecule has 0 spiro atoms. The summed E-state index contributed by atoms with van der Waals surface area (Å²) in [6, 6.07) is 7.22. The Labute approximate surface area is 181 Å². The highest BCUT2D eigenvalue weighted by molar-refractivity contribution is 7.90. The van der Waals surface area contributed by atoms with Crippen molar-refractivity contribution in [3.63, 3.8) is 0 Å². The van der Waals surface area contributed by atoms with E-state index in [-0.39, 0.29) is 16.7 Å². The molecule has 0 unspecified atom stereocenters. The summed E-state index contributed by atoms with van der Waals surface area (Å²) in [7, 11) is -3.51. The lowest BCUT2D eigenvalue weighted by molar-refractivity contribution is -0.132. The average Bonchev–Trinajstić information content (AvgIpc) is 3.31. The molecule has 3 aromatic heterocycles. The maximum Gasteiger partial charge on any atom is 0.223 e. The lowest BCUT2D eigenvalue weighted by atomic mass is 9.94. The van der Waals surface area contributed by atoms with Crippen LogP contribution in [0.3, 0.4) is 0 Å². The first-order valence-corrected chi connectivity index (χ1v) is 12.1. The average molecular weight is 441 g/mol. The molecule has 0 radical (unpaired) electrons. The molecule has 31 heavy (non-hydrogen) atoms. The molecule has 0 aromatic carbocycles. The number of hydrogen-bond donors (Lipinski definition) is 0.